The Morgan fingerprint density at radius 1 is 1.33 bits per heavy atom. The van der Waals surface area contributed by atoms with E-state index >= 15 is 0 Å². The number of halogens is 4. The molecular weight excluding hydrogens is 343 g/mol. The van der Waals surface area contributed by atoms with E-state index in [1.165, 1.54) is 6.92 Å². The molecule has 2 N–H and O–H groups in total. The van der Waals surface area contributed by atoms with Gasteiger partial charge in [0, 0.05) is 5.56 Å². The van der Waals surface area contributed by atoms with Gasteiger partial charge in [0.05, 0.1) is 13.7 Å². The molecule has 1 nitrogen and oxygen atoms in total. The number of hydrogen-bond acceptors (Lipinski definition) is 1. The lowest BCUT2D eigenvalue weighted by Gasteiger charge is -2.07. The lowest BCUT2D eigenvalue weighted by Crippen LogP contribution is -2.01. The number of hydrogen-bond donors (Lipinski definition) is 1. The molecule has 0 aliphatic carbocycles. The van der Waals surface area contributed by atoms with Crippen molar-refractivity contribution in [3.05, 3.63) is 25.2 Å². The smallest absolute Gasteiger partial charge is 0.153 e. The normalized spacial score (nSPS) is 10.4. The van der Waals surface area contributed by atoms with Gasteiger partial charge in [-0.25, -0.2) is 8.78 Å². The fourth-order valence-corrected chi connectivity index (χ4v) is 2.02. The van der Waals surface area contributed by atoms with Gasteiger partial charge in [0.25, 0.3) is 0 Å². The molecule has 0 aliphatic heterocycles. The largest absolute Gasteiger partial charge is 0.395 e. The van der Waals surface area contributed by atoms with Crippen molar-refractivity contribution in [3.63, 3.8) is 0 Å². The molecule has 0 amide bonds. The third-order valence-corrected chi connectivity index (χ3v) is 3.51. The second kappa shape index (κ2) is 3.45. The van der Waals surface area contributed by atoms with Crippen LogP contribution in [0.3, 0.4) is 0 Å². The van der Waals surface area contributed by atoms with Crippen molar-refractivity contribution >= 4 is 44.2 Å². The van der Waals surface area contributed by atoms with Gasteiger partial charge in [-0.05, 0) is 45.4 Å². The van der Waals surface area contributed by atoms with E-state index in [0.717, 1.165) is 0 Å². The number of nitrogen functional groups attached to an aromatic ring is 1. The summed E-state index contributed by atoms with van der Waals surface area (Å²) in [7, 11) is 0. The molecule has 0 saturated heterocycles. The van der Waals surface area contributed by atoms with E-state index in [1.807, 2.05) is 0 Å². The van der Waals surface area contributed by atoms with Crippen LogP contribution in [0.5, 0.6) is 0 Å². The first-order valence-corrected chi connectivity index (χ1v) is 4.92. The fraction of sp³-hybridized carbons (Fsp3) is 0.143. The molecule has 0 saturated carbocycles. The summed E-state index contributed by atoms with van der Waals surface area (Å²) in [6.07, 6.45) is 0. The van der Waals surface area contributed by atoms with E-state index in [2.05, 4.69) is 15.9 Å². The summed E-state index contributed by atoms with van der Waals surface area (Å²) < 4.78 is 26.5. The van der Waals surface area contributed by atoms with Crippen LogP contribution < -0.4 is 5.73 Å². The summed E-state index contributed by atoms with van der Waals surface area (Å²) in [6, 6.07) is 0. The standard InChI is InChI=1S/C7H5BrF2IN/c1-2-3(8)5(10)6(11)7(12)4(2)9/h12H2,1H3. The lowest BCUT2D eigenvalue weighted by molar-refractivity contribution is 0.584. The first-order valence-electron chi connectivity index (χ1n) is 3.04. The molecule has 0 aliphatic rings. The molecule has 0 fully saturated rings. The molecule has 5 heteroatoms. The van der Waals surface area contributed by atoms with E-state index in [9.17, 15) is 8.78 Å². The van der Waals surface area contributed by atoms with Gasteiger partial charge in [-0.1, -0.05) is 0 Å². The van der Waals surface area contributed by atoms with Crippen molar-refractivity contribution in [2.24, 2.45) is 0 Å². The molecule has 0 heterocycles. The summed E-state index contributed by atoms with van der Waals surface area (Å²) in [5, 5.41) is 0. The minimum atomic E-state index is -0.562. The molecule has 1 aromatic carbocycles. The Balaban J connectivity index is 3.60. The van der Waals surface area contributed by atoms with Crippen LogP contribution in [0.1, 0.15) is 5.56 Å². The van der Waals surface area contributed by atoms with Crippen LogP contribution >= 0.6 is 38.5 Å². The van der Waals surface area contributed by atoms with Crippen molar-refractivity contribution in [1.29, 1.82) is 0 Å². The van der Waals surface area contributed by atoms with Gasteiger partial charge in [0.2, 0.25) is 0 Å². The SMILES string of the molecule is Cc1c(F)c(N)c(I)c(F)c1Br. The Labute approximate surface area is 90.6 Å². The Hall–Kier alpha value is 0.0900. The summed E-state index contributed by atoms with van der Waals surface area (Å²) in [4.78, 5) is 0. The van der Waals surface area contributed by atoms with Gasteiger partial charge in [-0.2, -0.15) is 0 Å². The third-order valence-electron chi connectivity index (χ3n) is 1.52. The predicted octanol–water partition coefficient (Wildman–Crippen LogP) is 3.22. The zero-order valence-corrected chi connectivity index (χ0v) is 9.83. The molecular formula is C7H5BrF2IN. The van der Waals surface area contributed by atoms with Crippen molar-refractivity contribution in [3.8, 4) is 0 Å². The molecule has 1 aromatic rings. The maximum absolute atomic E-state index is 13.1. The minimum absolute atomic E-state index is 0.113. The molecule has 0 unspecified atom stereocenters. The summed E-state index contributed by atoms with van der Waals surface area (Å²) in [5.74, 6) is -1.07. The first-order chi connectivity index (χ1) is 5.46. The summed E-state index contributed by atoms with van der Waals surface area (Å²) >= 11 is 4.61. The predicted molar refractivity (Wildman–Crippen MR) is 55.9 cm³/mol. The van der Waals surface area contributed by atoms with Gasteiger partial charge in [0.1, 0.15) is 0 Å². The zero-order chi connectivity index (χ0) is 9.46. The van der Waals surface area contributed by atoms with E-state index in [-0.39, 0.29) is 19.3 Å². The number of benzene rings is 1. The molecule has 66 valence electrons. The summed E-state index contributed by atoms with van der Waals surface area (Å²) in [5.41, 5.74) is 5.38. The zero-order valence-electron chi connectivity index (χ0n) is 6.09. The van der Waals surface area contributed by atoms with Gasteiger partial charge < -0.3 is 5.73 Å². The maximum atomic E-state index is 13.1. The lowest BCUT2D eigenvalue weighted by atomic mass is 10.2. The highest BCUT2D eigenvalue weighted by molar-refractivity contribution is 14.1. The van der Waals surface area contributed by atoms with Crippen LogP contribution in [-0.4, -0.2) is 0 Å². The summed E-state index contributed by atoms with van der Waals surface area (Å²) in [6.45, 7) is 1.47. The Bertz CT molecular complexity index is 236. The topological polar surface area (TPSA) is 26.0 Å². The van der Waals surface area contributed by atoms with Crippen LogP contribution in [-0.2, 0) is 0 Å². The van der Waals surface area contributed by atoms with Crippen molar-refractivity contribution < 1.29 is 8.78 Å². The average molecular weight is 348 g/mol. The minimum Gasteiger partial charge on any atom is -0.395 e. The van der Waals surface area contributed by atoms with E-state index < -0.39 is 11.6 Å². The van der Waals surface area contributed by atoms with Gasteiger partial charge >= 0.3 is 0 Å². The van der Waals surface area contributed by atoms with Crippen LogP contribution in [0, 0.1) is 22.1 Å². The highest BCUT2D eigenvalue weighted by Crippen LogP contribution is 2.31. The van der Waals surface area contributed by atoms with Crippen LogP contribution in [0.25, 0.3) is 0 Å². The van der Waals surface area contributed by atoms with Crippen LogP contribution in [0.2, 0.25) is 0 Å². The van der Waals surface area contributed by atoms with Crippen molar-refractivity contribution in [2.45, 2.75) is 6.92 Å². The molecule has 0 aromatic heterocycles. The molecule has 0 spiro atoms. The van der Waals surface area contributed by atoms with E-state index in [4.69, 9.17) is 5.73 Å². The molecule has 12 heavy (non-hydrogen) atoms. The van der Waals surface area contributed by atoms with Crippen molar-refractivity contribution in [2.75, 3.05) is 5.73 Å². The fourth-order valence-electron chi connectivity index (χ4n) is 0.774. The van der Waals surface area contributed by atoms with Gasteiger partial charge in [-0.15, -0.1) is 0 Å². The van der Waals surface area contributed by atoms with Crippen LogP contribution in [0.15, 0.2) is 4.47 Å². The monoisotopic (exact) mass is 347 g/mol. The first kappa shape index (κ1) is 10.2. The molecule has 0 atom stereocenters. The average Bonchev–Trinajstić information content (AvgIpc) is 2.08. The van der Waals surface area contributed by atoms with Gasteiger partial charge in [0.15, 0.2) is 11.6 Å². The third kappa shape index (κ3) is 1.44. The van der Waals surface area contributed by atoms with E-state index in [0.29, 0.717) is 0 Å². The van der Waals surface area contributed by atoms with Crippen LogP contribution in [0.4, 0.5) is 14.5 Å². The van der Waals surface area contributed by atoms with E-state index in [1.54, 1.807) is 22.6 Å². The number of rotatable bonds is 0. The number of anilines is 1. The highest BCUT2D eigenvalue weighted by atomic mass is 127. The van der Waals surface area contributed by atoms with Crippen molar-refractivity contribution in [1.82, 2.24) is 0 Å². The number of nitrogens with two attached hydrogens (primary N) is 1. The second-order valence-electron chi connectivity index (χ2n) is 2.29. The van der Waals surface area contributed by atoms with Gasteiger partial charge in [-0.3, -0.25) is 0 Å². The molecule has 1 rings (SSSR count). The Morgan fingerprint density at radius 2 is 1.83 bits per heavy atom. The Morgan fingerprint density at radius 3 is 2.33 bits per heavy atom. The second-order valence-corrected chi connectivity index (χ2v) is 4.17. The highest BCUT2D eigenvalue weighted by Gasteiger charge is 2.16. The Kier molecular flexibility index (Phi) is 2.92. The maximum Gasteiger partial charge on any atom is 0.153 e. The quantitative estimate of drug-likeness (QED) is 0.331. The molecule has 0 radical (unpaired) electrons. The molecule has 0 bridgehead atoms.